The van der Waals surface area contributed by atoms with Crippen molar-refractivity contribution in [2.45, 2.75) is 6.92 Å². The number of benzene rings is 2. The fraction of sp³-hybridized carbons (Fsp3) is 0.167. The average Bonchev–Trinajstić information content (AvgIpc) is 2.61. The number of halogens is 1. The summed E-state index contributed by atoms with van der Waals surface area (Å²) in [7, 11) is 1.22. The lowest BCUT2D eigenvalue weighted by atomic mass is 10.1. The van der Waals surface area contributed by atoms with Crippen molar-refractivity contribution in [1.82, 2.24) is 0 Å². The van der Waals surface area contributed by atoms with E-state index < -0.39 is 24.5 Å². The topological polar surface area (TPSA) is 81.7 Å². The van der Waals surface area contributed by atoms with Gasteiger partial charge in [0.1, 0.15) is 0 Å². The van der Waals surface area contributed by atoms with Gasteiger partial charge in [-0.1, -0.05) is 18.2 Å². The van der Waals surface area contributed by atoms with Crippen LogP contribution in [0.25, 0.3) is 0 Å². The largest absolute Gasteiger partial charge is 0.465 e. The van der Waals surface area contributed by atoms with Crippen LogP contribution in [0, 0.1) is 6.92 Å². The number of ether oxygens (including phenoxy) is 2. The van der Waals surface area contributed by atoms with E-state index in [1.807, 2.05) is 19.1 Å². The van der Waals surface area contributed by atoms with Gasteiger partial charge in [-0.05, 0) is 52.7 Å². The molecule has 0 spiro atoms. The molecule has 6 nitrogen and oxygen atoms in total. The quantitative estimate of drug-likeness (QED) is 0.771. The second-order valence-corrected chi connectivity index (χ2v) is 6.00. The lowest BCUT2D eigenvalue weighted by Gasteiger charge is -2.10. The summed E-state index contributed by atoms with van der Waals surface area (Å²) in [4.78, 5) is 35.8. The third-order valence-corrected chi connectivity index (χ3v) is 3.94. The number of carbonyl (C=O) groups is 3. The zero-order valence-corrected chi connectivity index (χ0v) is 15.3. The van der Waals surface area contributed by atoms with Gasteiger partial charge < -0.3 is 14.8 Å². The van der Waals surface area contributed by atoms with Crippen molar-refractivity contribution in [3.8, 4) is 0 Å². The first-order valence-electron chi connectivity index (χ1n) is 7.33. The molecule has 0 aliphatic heterocycles. The fourth-order valence-electron chi connectivity index (χ4n) is 2.07. The maximum absolute atomic E-state index is 12.1. The van der Waals surface area contributed by atoms with Crippen molar-refractivity contribution in [3.63, 3.8) is 0 Å². The smallest absolute Gasteiger partial charge is 0.339 e. The van der Waals surface area contributed by atoms with Crippen LogP contribution >= 0.6 is 15.9 Å². The van der Waals surface area contributed by atoms with Gasteiger partial charge in [0.2, 0.25) is 0 Å². The molecule has 2 rings (SSSR count). The number of amides is 1. The maximum atomic E-state index is 12.1. The minimum atomic E-state index is -0.779. The van der Waals surface area contributed by atoms with Gasteiger partial charge in [-0.15, -0.1) is 0 Å². The SMILES string of the molecule is COC(=O)c1ccccc1C(=O)OCC(=O)Nc1ccc(C)cc1Br. The molecular formula is C18H16BrNO5. The Hall–Kier alpha value is -2.67. The van der Waals surface area contributed by atoms with E-state index in [1.54, 1.807) is 18.2 Å². The summed E-state index contributed by atoms with van der Waals surface area (Å²) >= 11 is 3.35. The monoisotopic (exact) mass is 405 g/mol. The molecule has 0 aliphatic carbocycles. The van der Waals surface area contributed by atoms with Gasteiger partial charge in [0.05, 0.1) is 23.9 Å². The van der Waals surface area contributed by atoms with Crippen LogP contribution in [0.1, 0.15) is 26.3 Å². The highest BCUT2D eigenvalue weighted by molar-refractivity contribution is 9.10. The first-order chi connectivity index (χ1) is 11.9. The third-order valence-electron chi connectivity index (χ3n) is 3.29. The summed E-state index contributed by atoms with van der Waals surface area (Å²) in [5.41, 5.74) is 1.73. The Morgan fingerprint density at radius 3 is 2.28 bits per heavy atom. The van der Waals surface area contributed by atoms with Gasteiger partial charge in [0, 0.05) is 4.47 Å². The van der Waals surface area contributed by atoms with E-state index in [4.69, 9.17) is 4.74 Å². The normalized spacial score (nSPS) is 10.0. The predicted molar refractivity (Wildman–Crippen MR) is 95.6 cm³/mol. The summed E-state index contributed by atoms with van der Waals surface area (Å²) in [5, 5.41) is 2.64. The van der Waals surface area contributed by atoms with Crippen molar-refractivity contribution in [2.75, 3.05) is 19.0 Å². The molecule has 130 valence electrons. The number of esters is 2. The molecule has 0 aliphatic rings. The zero-order valence-electron chi connectivity index (χ0n) is 13.7. The van der Waals surface area contributed by atoms with Crippen LogP contribution in [0.2, 0.25) is 0 Å². The van der Waals surface area contributed by atoms with E-state index in [0.717, 1.165) is 10.0 Å². The van der Waals surface area contributed by atoms with Crippen molar-refractivity contribution in [3.05, 3.63) is 63.6 Å². The molecule has 0 atom stereocenters. The Morgan fingerprint density at radius 2 is 1.68 bits per heavy atom. The number of rotatable bonds is 5. The summed E-state index contributed by atoms with van der Waals surface area (Å²) in [5.74, 6) is -1.92. The standard InChI is InChI=1S/C18H16BrNO5/c1-11-7-8-15(14(19)9-11)20-16(21)10-25-18(23)13-6-4-3-5-12(13)17(22)24-2/h3-9H,10H2,1-2H3,(H,20,21). The van der Waals surface area contributed by atoms with Crippen LogP contribution in [0.4, 0.5) is 5.69 Å². The van der Waals surface area contributed by atoms with E-state index in [9.17, 15) is 14.4 Å². The molecule has 2 aromatic rings. The highest BCUT2D eigenvalue weighted by atomic mass is 79.9. The third kappa shape index (κ3) is 4.90. The molecule has 7 heteroatoms. The van der Waals surface area contributed by atoms with E-state index in [1.165, 1.54) is 19.2 Å². The molecule has 2 aromatic carbocycles. The first-order valence-corrected chi connectivity index (χ1v) is 8.12. The van der Waals surface area contributed by atoms with E-state index in [-0.39, 0.29) is 11.1 Å². The molecule has 0 saturated carbocycles. The molecular weight excluding hydrogens is 390 g/mol. The second kappa shape index (κ2) is 8.43. The van der Waals surface area contributed by atoms with Gasteiger partial charge in [-0.25, -0.2) is 9.59 Å². The van der Waals surface area contributed by atoms with Crippen LogP contribution in [0.5, 0.6) is 0 Å². The first kappa shape index (κ1) is 18.7. The minimum absolute atomic E-state index is 0.0404. The van der Waals surface area contributed by atoms with Crippen LogP contribution in [-0.2, 0) is 14.3 Å². The lowest BCUT2D eigenvalue weighted by molar-refractivity contribution is -0.119. The Labute approximate surface area is 153 Å². The number of nitrogens with one attached hydrogen (secondary N) is 1. The van der Waals surface area contributed by atoms with Gasteiger partial charge in [-0.2, -0.15) is 0 Å². The zero-order chi connectivity index (χ0) is 18.4. The van der Waals surface area contributed by atoms with Crippen molar-refractivity contribution in [1.29, 1.82) is 0 Å². The molecule has 0 fully saturated rings. The number of aryl methyl sites for hydroxylation is 1. The van der Waals surface area contributed by atoms with Crippen LogP contribution < -0.4 is 5.32 Å². The van der Waals surface area contributed by atoms with Gasteiger partial charge >= 0.3 is 11.9 Å². The van der Waals surface area contributed by atoms with E-state index >= 15 is 0 Å². The summed E-state index contributed by atoms with van der Waals surface area (Å²) in [6.07, 6.45) is 0. The van der Waals surface area contributed by atoms with Gasteiger partial charge in [0.15, 0.2) is 6.61 Å². The van der Waals surface area contributed by atoms with E-state index in [2.05, 4.69) is 26.0 Å². The number of carbonyl (C=O) groups excluding carboxylic acids is 3. The van der Waals surface area contributed by atoms with Crippen LogP contribution in [0.3, 0.4) is 0 Å². The minimum Gasteiger partial charge on any atom is -0.465 e. The average molecular weight is 406 g/mol. The molecule has 1 amide bonds. The Bertz CT molecular complexity index is 819. The second-order valence-electron chi connectivity index (χ2n) is 5.14. The molecule has 0 saturated heterocycles. The molecule has 0 heterocycles. The van der Waals surface area contributed by atoms with Gasteiger partial charge in [-0.3, -0.25) is 4.79 Å². The van der Waals surface area contributed by atoms with Gasteiger partial charge in [0.25, 0.3) is 5.91 Å². The number of anilines is 1. The highest BCUT2D eigenvalue weighted by Crippen LogP contribution is 2.23. The van der Waals surface area contributed by atoms with E-state index in [0.29, 0.717) is 5.69 Å². The molecule has 25 heavy (non-hydrogen) atoms. The lowest BCUT2D eigenvalue weighted by Crippen LogP contribution is -2.22. The van der Waals surface area contributed by atoms with Crippen LogP contribution in [0.15, 0.2) is 46.9 Å². The number of methoxy groups -OCH3 is 1. The Balaban J connectivity index is 2.00. The molecule has 0 radical (unpaired) electrons. The maximum Gasteiger partial charge on any atom is 0.339 e. The Morgan fingerprint density at radius 1 is 1.04 bits per heavy atom. The summed E-state index contributed by atoms with van der Waals surface area (Å²) in [6.45, 7) is 1.45. The fourth-order valence-corrected chi connectivity index (χ4v) is 2.66. The molecule has 0 bridgehead atoms. The summed E-state index contributed by atoms with van der Waals surface area (Å²) in [6, 6.07) is 11.5. The summed E-state index contributed by atoms with van der Waals surface area (Å²) < 4.78 is 10.3. The van der Waals surface area contributed by atoms with Crippen molar-refractivity contribution >= 4 is 39.5 Å². The molecule has 1 N–H and O–H groups in total. The van der Waals surface area contributed by atoms with Crippen LogP contribution in [-0.4, -0.2) is 31.6 Å². The molecule has 0 unspecified atom stereocenters. The number of hydrogen-bond acceptors (Lipinski definition) is 5. The Kier molecular flexibility index (Phi) is 6.30. The van der Waals surface area contributed by atoms with Crippen molar-refractivity contribution in [2.24, 2.45) is 0 Å². The molecule has 0 aromatic heterocycles. The van der Waals surface area contributed by atoms with Crippen molar-refractivity contribution < 1.29 is 23.9 Å². The predicted octanol–water partition coefficient (Wildman–Crippen LogP) is 3.34. The highest BCUT2D eigenvalue weighted by Gasteiger charge is 2.19. The number of hydrogen-bond donors (Lipinski definition) is 1.